The van der Waals surface area contributed by atoms with Gasteiger partial charge in [0, 0.05) is 30.6 Å². The van der Waals surface area contributed by atoms with Crippen molar-refractivity contribution in [2.45, 2.75) is 19.6 Å². The molecule has 0 radical (unpaired) electrons. The minimum atomic E-state index is 0.00341. The monoisotopic (exact) mass is 337 g/mol. The highest BCUT2D eigenvalue weighted by Crippen LogP contribution is 2.28. The Morgan fingerprint density at radius 3 is 2.96 bits per heavy atom. The van der Waals surface area contributed by atoms with Crippen molar-refractivity contribution in [2.75, 3.05) is 7.11 Å². The number of fused-ring (bicyclic) bond motifs is 1. The quantitative estimate of drug-likeness (QED) is 0.728. The molecule has 1 aliphatic rings. The van der Waals surface area contributed by atoms with Crippen molar-refractivity contribution in [3.8, 4) is 5.75 Å². The minimum Gasteiger partial charge on any atom is -0.497 e. The molecule has 0 bridgehead atoms. The van der Waals surface area contributed by atoms with Gasteiger partial charge in [-0.1, -0.05) is 6.07 Å². The Bertz CT molecular complexity index is 914. The number of aromatic nitrogens is 4. The van der Waals surface area contributed by atoms with Crippen LogP contribution in [0.15, 0.2) is 43.0 Å². The molecule has 1 amide bonds. The lowest BCUT2D eigenvalue weighted by atomic mass is 10.2. The van der Waals surface area contributed by atoms with Crippen LogP contribution in [0, 0.1) is 0 Å². The van der Waals surface area contributed by atoms with Crippen LogP contribution < -0.4 is 4.74 Å². The van der Waals surface area contributed by atoms with Gasteiger partial charge in [0.25, 0.3) is 5.91 Å². The molecule has 0 saturated carbocycles. The second kappa shape index (κ2) is 6.08. The van der Waals surface area contributed by atoms with Crippen molar-refractivity contribution in [1.82, 2.24) is 24.2 Å². The number of nitrogens with zero attached hydrogens (tertiary/aromatic N) is 5. The van der Waals surface area contributed by atoms with Gasteiger partial charge in [-0.2, -0.15) is 5.10 Å². The zero-order valence-electron chi connectivity index (χ0n) is 14.2. The van der Waals surface area contributed by atoms with Gasteiger partial charge >= 0.3 is 0 Å². The number of imidazole rings is 1. The van der Waals surface area contributed by atoms with Crippen LogP contribution in [0.1, 0.15) is 27.3 Å². The van der Waals surface area contributed by atoms with E-state index < -0.39 is 0 Å². The van der Waals surface area contributed by atoms with Gasteiger partial charge in [-0.05, 0) is 18.2 Å². The molecule has 0 spiro atoms. The number of carbonyl (C=O) groups is 1. The molecule has 7 heteroatoms. The van der Waals surface area contributed by atoms with Crippen molar-refractivity contribution >= 4 is 5.91 Å². The molecule has 128 valence electrons. The van der Waals surface area contributed by atoms with E-state index in [-0.39, 0.29) is 5.91 Å². The first-order chi connectivity index (χ1) is 12.2. The van der Waals surface area contributed by atoms with E-state index in [1.807, 2.05) is 45.6 Å². The third-order valence-corrected chi connectivity index (χ3v) is 4.54. The average molecular weight is 337 g/mol. The van der Waals surface area contributed by atoms with Gasteiger partial charge in [0.05, 0.1) is 44.5 Å². The average Bonchev–Trinajstić information content (AvgIpc) is 3.34. The third-order valence-electron chi connectivity index (χ3n) is 4.54. The maximum absolute atomic E-state index is 12.8. The van der Waals surface area contributed by atoms with Crippen LogP contribution in [0.3, 0.4) is 0 Å². The Balaban J connectivity index is 1.57. The molecule has 0 atom stereocenters. The molecule has 4 rings (SSSR count). The van der Waals surface area contributed by atoms with E-state index in [9.17, 15) is 4.79 Å². The fourth-order valence-electron chi connectivity index (χ4n) is 3.23. The molecule has 0 fully saturated rings. The Morgan fingerprint density at radius 1 is 1.32 bits per heavy atom. The highest BCUT2D eigenvalue weighted by atomic mass is 16.5. The van der Waals surface area contributed by atoms with Gasteiger partial charge in [0.2, 0.25) is 0 Å². The van der Waals surface area contributed by atoms with E-state index in [2.05, 4.69) is 10.1 Å². The number of benzene rings is 1. The van der Waals surface area contributed by atoms with Crippen molar-refractivity contribution in [3.63, 3.8) is 0 Å². The van der Waals surface area contributed by atoms with E-state index >= 15 is 0 Å². The van der Waals surface area contributed by atoms with Crippen LogP contribution in [0.25, 0.3) is 0 Å². The molecule has 7 nitrogen and oxygen atoms in total. The number of aryl methyl sites for hydroxylation is 1. The number of carbonyl (C=O) groups excluding carboxylic acids is 1. The summed E-state index contributed by atoms with van der Waals surface area (Å²) in [4.78, 5) is 18.8. The number of hydrogen-bond acceptors (Lipinski definition) is 4. The molecule has 0 N–H and O–H groups in total. The lowest BCUT2D eigenvalue weighted by Crippen LogP contribution is -2.26. The zero-order chi connectivity index (χ0) is 17.4. The molecular weight excluding hydrogens is 318 g/mol. The number of ether oxygens (including phenoxy) is 1. The molecule has 3 heterocycles. The summed E-state index contributed by atoms with van der Waals surface area (Å²) in [7, 11) is 3.53. The van der Waals surface area contributed by atoms with Crippen LogP contribution in [0.5, 0.6) is 5.75 Å². The molecule has 0 unspecified atom stereocenters. The summed E-state index contributed by atoms with van der Waals surface area (Å²) in [6, 6.07) is 7.26. The van der Waals surface area contributed by atoms with Gasteiger partial charge < -0.3 is 14.2 Å². The highest BCUT2D eigenvalue weighted by Gasteiger charge is 2.30. The lowest BCUT2D eigenvalue weighted by molar-refractivity contribution is 0.0747. The predicted molar refractivity (Wildman–Crippen MR) is 91.1 cm³/mol. The standard InChI is InChI=1S/C18H19N5O2/c1-21-17-11-23(18(24)13-4-3-5-14(8-13)25-2)9-15(17)16(20-21)10-22-7-6-19-12-22/h3-8,12H,9-11H2,1-2H3. The van der Waals surface area contributed by atoms with E-state index in [4.69, 9.17) is 4.74 Å². The van der Waals surface area contributed by atoms with Gasteiger partial charge in [0.1, 0.15) is 5.75 Å². The van der Waals surface area contributed by atoms with Crippen molar-refractivity contribution < 1.29 is 9.53 Å². The molecule has 1 aromatic carbocycles. The fraction of sp³-hybridized carbons (Fsp3) is 0.278. The molecule has 0 aliphatic carbocycles. The first-order valence-electron chi connectivity index (χ1n) is 8.08. The largest absolute Gasteiger partial charge is 0.497 e. The Kier molecular flexibility index (Phi) is 3.76. The SMILES string of the molecule is COc1cccc(C(=O)N2Cc3c(Cn4ccnc4)nn(C)c3C2)c1. The summed E-state index contributed by atoms with van der Waals surface area (Å²) in [5.41, 5.74) is 3.84. The molecule has 1 aliphatic heterocycles. The summed E-state index contributed by atoms with van der Waals surface area (Å²) in [5, 5.41) is 4.61. The van der Waals surface area contributed by atoms with Crippen LogP contribution in [0.4, 0.5) is 0 Å². The smallest absolute Gasteiger partial charge is 0.254 e. The number of hydrogen-bond donors (Lipinski definition) is 0. The van der Waals surface area contributed by atoms with Crippen LogP contribution in [0.2, 0.25) is 0 Å². The molecule has 2 aromatic heterocycles. The van der Waals surface area contributed by atoms with Crippen LogP contribution in [-0.2, 0) is 26.7 Å². The van der Waals surface area contributed by atoms with Crippen LogP contribution >= 0.6 is 0 Å². The lowest BCUT2D eigenvalue weighted by Gasteiger charge is -2.17. The van der Waals surface area contributed by atoms with Gasteiger partial charge in [-0.3, -0.25) is 9.48 Å². The number of rotatable bonds is 4. The van der Waals surface area contributed by atoms with Crippen molar-refractivity contribution in [1.29, 1.82) is 0 Å². The summed E-state index contributed by atoms with van der Waals surface area (Å²) in [6.45, 7) is 1.80. The van der Waals surface area contributed by atoms with Gasteiger partial charge in [-0.15, -0.1) is 0 Å². The Labute approximate surface area is 145 Å². The van der Waals surface area contributed by atoms with E-state index in [0.717, 1.165) is 17.0 Å². The second-order valence-electron chi connectivity index (χ2n) is 6.12. The Morgan fingerprint density at radius 2 is 2.20 bits per heavy atom. The summed E-state index contributed by atoms with van der Waals surface area (Å²) < 4.78 is 9.07. The second-order valence-corrected chi connectivity index (χ2v) is 6.12. The first-order valence-corrected chi connectivity index (χ1v) is 8.08. The maximum atomic E-state index is 12.8. The van der Waals surface area contributed by atoms with E-state index in [0.29, 0.717) is 30.9 Å². The van der Waals surface area contributed by atoms with E-state index in [1.165, 1.54) is 0 Å². The first kappa shape index (κ1) is 15.4. The predicted octanol–water partition coefficient (Wildman–Crippen LogP) is 1.83. The molecular formula is C18H19N5O2. The third kappa shape index (κ3) is 2.77. The van der Waals surface area contributed by atoms with Crippen molar-refractivity contribution in [2.24, 2.45) is 7.05 Å². The molecule has 0 saturated heterocycles. The zero-order valence-corrected chi connectivity index (χ0v) is 14.2. The summed E-state index contributed by atoms with van der Waals surface area (Å²) in [5.74, 6) is 0.689. The highest BCUT2D eigenvalue weighted by molar-refractivity contribution is 5.94. The number of methoxy groups -OCH3 is 1. The number of amides is 1. The van der Waals surface area contributed by atoms with Gasteiger partial charge in [0.15, 0.2) is 0 Å². The molecule has 25 heavy (non-hydrogen) atoms. The topological polar surface area (TPSA) is 65.2 Å². The fourth-order valence-corrected chi connectivity index (χ4v) is 3.23. The summed E-state index contributed by atoms with van der Waals surface area (Å²) >= 11 is 0. The van der Waals surface area contributed by atoms with Crippen molar-refractivity contribution in [3.05, 3.63) is 65.5 Å². The summed E-state index contributed by atoms with van der Waals surface area (Å²) in [6.07, 6.45) is 5.44. The minimum absolute atomic E-state index is 0.00341. The normalized spacial score (nSPS) is 13.1. The van der Waals surface area contributed by atoms with E-state index in [1.54, 1.807) is 25.7 Å². The molecule has 3 aromatic rings. The van der Waals surface area contributed by atoms with Gasteiger partial charge in [-0.25, -0.2) is 4.98 Å². The van der Waals surface area contributed by atoms with Crippen LogP contribution in [-0.4, -0.2) is 37.2 Å². The maximum Gasteiger partial charge on any atom is 0.254 e. The Hall–Kier alpha value is -3.09.